The van der Waals surface area contributed by atoms with Gasteiger partial charge in [-0.3, -0.25) is 9.59 Å². The second kappa shape index (κ2) is 7.85. The fourth-order valence-corrected chi connectivity index (χ4v) is 3.98. The molecule has 0 aliphatic carbocycles. The number of nitrogens with one attached hydrogen (secondary N) is 1. The van der Waals surface area contributed by atoms with Crippen molar-refractivity contribution in [2.24, 2.45) is 5.92 Å². The van der Waals surface area contributed by atoms with Gasteiger partial charge < -0.3 is 10.2 Å². The molecule has 0 saturated carbocycles. The summed E-state index contributed by atoms with van der Waals surface area (Å²) in [5.74, 6) is -0.313. The quantitative estimate of drug-likeness (QED) is 0.734. The van der Waals surface area contributed by atoms with Crippen LogP contribution in [0.2, 0.25) is 0 Å². The molecule has 0 bridgehead atoms. The van der Waals surface area contributed by atoms with Crippen LogP contribution in [0.4, 0.5) is 0 Å². The molecule has 1 heterocycles. The van der Waals surface area contributed by atoms with E-state index in [1.807, 2.05) is 53.4 Å². The third-order valence-electron chi connectivity index (χ3n) is 5.55. The number of fused-ring (bicyclic) bond motifs is 1. The van der Waals surface area contributed by atoms with Crippen LogP contribution in [0.25, 0.3) is 10.8 Å². The fraction of sp³-hybridized carbons (Fsp3) is 0.250. The Morgan fingerprint density at radius 2 is 1.75 bits per heavy atom. The highest BCUT2D eigenvalue weighted by Crippen LogP contribution is 2.31. The highest BCUT2D eigenvalue weighted by atomic mass is 16.2. The summed E-state index contributed by atoms with van der Waals surface area (Å²) in [6, 6.07) is 24.4. The van der Waals surface area contributed by atoms with Crippen LogP contribution in [0, 0.1) is 5.92 Å². The maximum Gasteiger partial charge on any atom is 0.228 e. The first-order valence-corrected chi connectivity index (χ1v) is 9.72. The Balaban J connectivity index is 1.71. The highest BCUT2D eigenvalue weighted by Gasteiger charge is 2.34. The van der Waals surface area contributed by atoms with Crippen molar-refractivity contribution in [1.29, 1.82) is 0 Å². The predicted octanol–water partition coefficient (Wildman–Crippen LogP) is 4.07. The molecule has 1 aliphatic heterocycles. The molecular weight excluding hydrogens is 348 g/mol. The number of carbonyl (C=O) groups is 2. The maximum absolute atomic E-state index is 13.4. The van der Waals surface area contributed by atoms with E-state index in [1.165, 1.54) is 0 Å². The van der Waals surface area contributed by atoms with E-state index in [-0.39, 0.29) is 30.2 Å². The molecule has 3 aromatic carbocycles. The molecule has 28 heavy (non-hydrogen) atoms. The second-order valence-electron chi connectivity index (χ2n) is 7.40. The third kappa shape index (κ3) is 3.63. The summed E-state index contributed by atoms with van der Waals surface area (Å²) in [5, 5.41) is 5.11. The third-order valence-corrected chi connectivity index (χ3v) is 5.55. The van der Waals surface area contributed by atoms with E-state index in [9.17, 15) is 9.59 Å². The summed E-state index contributed by atoms with van der Waals surface area (Å²) in [6.07, 6.45) is 0.270. The zero-order chi connectivity index (χ0) is 19.5. The molecule has 0 spiro atoms. The lowest BCUT2D eigenvalue weighted by molar-refractivity contribution is -0.138. The molecule has 1 fully saturated rings. The van der Waals surface area contributed by atoms with Gasteiger partial charge in [0.15, 0.2) is 0 Å². The van der Waals surface area contributed by atoms with Gasteiger partial charge in [0.05, 0.1) is 12.0 Å². The Hall–Kier alpha value is -3.14. The minimum atomic E-state index is -0.298. The Kier molecular flexibility index (Phi) is 5.11. The SMILES string of the molecule is C[C@H](c1cccc2ccccc12)N(Cc1ccccc1)C(=O)[C@@H]1CNC(=O)C1. The molecule has 4 nitrogen and oxygen atoms in total. The normalized spacial score (nSPS) is 17.3. The maximum atomic E-state index is 13.4. The van der Waals surface area contributed by atoms with E-state index in [4.69, 9.17) is 0 Å². The number of hydrogen-bond donors (Lipinski definition) is 1. The summed E-state index contributed by atoms with van der Waals surface area (Å²) < 4.78 is 0. The monoisotopic (exact) mass is 372 g/mol. The smallest absolute Gasteiger partial charge is 0.228 e. The molecule has 2 amide bonds. The molecule has 4 heteroatoms. The Bertz CT molecular complexity index is 994. The topological polar surface area (TPSA) is 49.4 Å². The molecule has 1 aliphatic rings. The van der Waals surface area contributed by atoms with Crippen molar-refractivity contribution >= 4 is 22.6 Å². The standard InChI is InChI=1S/C24H24N2O2/c1-17(21-13-7-11-19-10-5-6-12-22(19)21)26(16-18-8-3-2-4-9-18)24(28)20-14-23(27)25-15-20/h2-13,17,20H,14-16H2,1H3,(H,25,27)/t17-,20+/m1/s1. The van der Waals surface area contributed by atoms with Crippen molar-refractivity contribution in [3.05, 3.63) is 83.9 Å². The van der Waals surface area contributed by atoms with Gasteiger partial charge in [-0.2, -0.15) is 0 Å². The number of hydrogen-bond acceptors (Lipinski definition) is 2. The predicted molar refractivity (Wildman–Crippen MR) is 110 cm³/mol. The van der Waals surface area contributed by atoms with Crippen LogP contribution in [-0.4, -0.2) is 23.3 Å². The highest BCUT2D eigenvalue weighted by molar-refractivity contribution is 5.90. The number of benzene rings is 3. The van der Waals surface area contributed by atoms with Crippen LogP contribution in [0.1, 0.15) is 30.5 Å². The zero-order valence-corrected chi connectivity index (χ0v) is 16.0. The zero-order valence-electron chi connectivity index (χ0n) is 16.0. The Morgan fingerprint density at radius 1 is 1.04 bits per heavy atom. The molecule has 4 rings (SSSR count). The molecule has 0 radical (unpaired) electrons. The van der Waals surface area contributed by atoms with Crippen molar-refractivity contribution in [3.63, 3.8) is 0 Å². The van der Waals surface area contributed by atoms with Gasteiger partial charge in [-0.15, -0.1) is 0 Å². The molecule has 0 unspecified atom stereocenters. The van der Waals surface area contributed by atoms with Crippen LogP contribution in [-0.2, 0) is 16.1 Å². The summed E-state index contributed by atoms with van der Waals surface area (Å²) in [7, 11) is 0. The molecule has 1 N–H and O–H groups in total. The van der Waals surface area contributed by atoms with Gasteiger partial charge >= 0.3 is 0 Å². The van der Waals surface area contributed by atoms with Gasteiger partial charge in [0, 0.05) is 19.5 Å². The van der Waals surface area contributed by atoms with E-state index < -0.39 is 0 Å². The van der Waals surface area contributed by atoms with E-state index in [2.05, 4.69) is 36.5 Å². The lowest BCUT2D eigenvalue weighted by atomic mass is 9.96. The number of amides is 2. The molecule has 3 aromatic rings. The van der Waals surface area contributed by atoms with Gasteiger partial charge in [0.1, 0.15) is 0 Å². The Morgan fingerprint density at radius 3 is 2.50 bits per heavy atom. The fourth-order valence-electron chi connectivity index (χ4n) is 3.98. The number of rotatable bonds is 5. The second-order valence-corrected chi connectivity index (χ2v) is 7.40. The molecule has 1 saturated heterocycles. The minimum absolute atomic E-state index is 0.0302. The largest absolute Gasteiger partial charge is 0.355 e. The summed E-state index contributed by atoms with van der Waals surface area (Å²) in [5.41, 5.74) is 2.21. The van der Waals surface area contributed by atoms with Crippen LogP contribution in [0.5, 0.6) is 0 Å². The van der Waals surface area contributed by atoms with Crippen molar-refractivity contribution in [2.45, 2.75) is 25.9 Å². The van der Waals surface area contributed by atoms with Gasteiger partial charge in [-0.25, -0.2) is 0 Å². The first-order chi connectivity index (χ1) is 13.6. The lowest BCUT2D eigenvalue weighted by Gasteiger charge is -2.32. The van der Waals surface area contributed by atoms with Crippen molar-refractivity contribution < 1.29 is 9.59 Å². The number of carbonyl (C=O) groups excluding carboxylic acids is 2. The van der Waals surface area contributed by atoms with E-state index in [1.54, 1.807) is 0 Å². The average molecular weight is 372 g/mol. The van der Waals surface area contributed by atoms with E-state index >= 15 is 0 Å². The molecule has 2 atom stereocenters. The van der Waals surface area contributed by atoms with Crippen molar-refractivity contribution in [3.8, 4) is 0 Å². The van der Waals surface area contributed by atoms with E-state index in [0.29, 0.717) is 13.1 Å². The first kappa shape index (κ1) is 18.2. The summed E-state index contributed by atoms with van der Waals surface area (Å²) >= 11 is 0. The molecule has 0 aromatic heterocycles. The van der Waals surface area contributed by atoms with Gasteiger partial charge in [-0.1, -0.05) is 72.8 Å². The minimum Gasteiger partial charge on any atom is -0.355 e. The van der Waals surface area contributed by atoms with Crippen molar-refractivity contribution in [2.75, 3.05) is 6.54 Å². The summed E-state index contributed by atoms with van der Waals surface area (Å²) in [4.78, 5) is 27.0. The average Bonchev–Trinajstić information content (AvgIpc) is 3.18. The molecule has 142 valence electrons. The van der Waals surface area contributed by atoms with Crippen LogP contribution in [0.15, 0.2) is 72.8 Å². The van der Waals surface area contributed by atoms with E-state index in [0.717, 1.165) is 21.9 Å². The first-order valence-electron chi connectivity index (χ1n) is 9.72. The Labute approximate surface area is 165 Å². The van der Waals surface area contributed by atoms with Crippen LogP contribution < -0.4 is 5.32 Å². The molecular formula is C24H24N2O2. The van der Waals surface area contributed by atoms with Gasteiger partial charge in [-0.05, 0) is 28.8 Å². The van der Waals surface area contributed by atoms with Gasteiger partial charge in [0.25, 0.3) is 0 Å². The van der Waals surface area contributed by atoms with Crippen LogP contribution >= 0.6 is 0 Å². The lowest BCUT2D eigenvalue weighted by Crippen LogP contribution is -2.38. The number of nitrogens with zero attached hydrogens (tertiary/aromatic N) is 1. The van der Waals surface area contributed by atoms with Crippen molar-refractivity contribution in [1.82, 2.24) is 10.2 Å². The van der Waals surface area contributed by atoms with Crippen LogP contribution in [0.3, 0.4) is 0 Å². The van der Waals surface area contributed by atoms with Gasteiger partial charge in [0.2, 0.25) is 11.8 Å². The summed E-state index contributed by atoms with van der Waals surface area (Å²) in [6.45, 7) is 3.02.